The van der Waals surface area contributed by atoms with E-state index in [1.165, 1.54) is 0 Å². The van der Waals surface area contributed by atoms with Crippen LogP contribution < -0.4 is 0 Å². The molecule has 0 spiro atoms. The lowest BCUT2D eigenvalue weighted by Gasteiger charge is -2.21. The fourth-order valence-electron chi connectivity index (χ4n) is 3.21. The Kier molecular flexibility index (Phi) is 6.74. The summed E-state index contributed by atoms with van der Waals surface area (Å²) >= 11 is 20.9. The van der Waals surface area contributed by atoms with Crippen molar-refractivity contribution in [3.05, 3.63) is 78.6 Å². The SMILES string of the molecule is OP(O)(Cl)=S(c1ccc2cccc(Br)c2c1Br)c1ccc2cccc(Br)c2c1Br. The zero-order chi connectivity index (χ0) is 20.9. The first-order chi connectivity index (χ1) is 13.7. The van der Waals surface area contributed by atoms with Crippen molar-refractivity contribution in [3.8, 4) is 0 Å². The molecule has 2 nitrogen and oxygen atoms in total. The summed E-state index contributed by atoms with van der Waals surface area (Å²) in [5.74, 6) is -3.80. The molecule has 0 atom stereocenters. The Bertz CT molecular complexity index is 1250. The lowest BCUT2D eigenvalue weighted by atomic mass is 10.1. The van der Waals surface area contributed by atoms with Crippen LogP contribution in [0, 0.1) is 0 Å². The molecule has 0 saturated carbocycles. The minimum absolute atomic E-state index is 0.741. The number of fused-ring (bicyclic) bond motifs is 2. The van der Waals surface area contributed by atoms with E-state index in [1.807, 2.05) is 60.7 Å². The molecule has 9 heteroatoms. The van der Waals surface area contributed by atoms with Crippen molar-refractivity contribution >= 4 is 112 Å². The van der Waals surface area contributed by atoms with Gasteiger partial charge in [0, 0.05) is 38.5 Å². The standard InChI is InChI=1S/C20H12Br4ClO2PS/c21-13-5-1-3-11-7-9-15(19(23)17(11)13)29(28(25,26)27)16-10-8-12-4-2-6-14(22)18(12)20(16)24/h1-10,26-27H. The van der Waals surface area contributed by atoms with Gasteiger partial charge in [-0.05, 0) is 78.1 Å². The van der Waals surface area contributed by atoms with E-state index in [0.717, 1.165) is 49.2 Å². The Labute approximate surface area is 208 Å². The number of halogens is 5. The number of hydrogen-bond acceptors (Lipinski definition) is 0. The molecule has 0 unspecified atom stereocenters. The molecular formula is C20H12Br4ClO2PS. The molecule has 4 rings (SSSR count). The van der Waals surface area contributed by atoms with E-state index in [1.54, 1.807) is 0 Å². The molecule has 0 fully saturated rings. The van der Waals surface area contributed by atoms with E-state index < -0.39 is 15.9 Å². The summed E-state index contributed by atoms with van der Waals surface area (Å²) in [4.78, 5) is 22.9. The first-order valence-corrected chi connectivity index (χ1v) is 15.8. The molecule has 0 amide bonds. The Hall–Kier alpha value is 0.310. The highest BCUT2D eigenvalue weighted by molar-refractivity contribution is 9.11. The second kappa shape index (κ2) is 8.68. The lowest BCUT2D eigenvalue weighted by molar-refractivity contribution is 0.499. The molecule has 2 N–H and O–H groups in total. The molecular weight excluding hydrogens is 690 g/mol. The Balaban J connectivity index is 2.10. The van der Waals surface area contributed by atoms with Crippen molar-refractivity contribution in [3.63, 3.8) is 0 Å². The van der Waals surface area contributed by atoms with E-state index in [4.69, 9.17) is 11.2 Å². The van der Waals surface area contributed by atoms with Crippen LogP contribution in [0.5, 0.6) is 0 Å². The van der Waals surface area contributed by atoms with Gasteiger partial charge in [0.15, 0.2) is 0 Å². The van der Waals surface area contributed by atoms with E-state index in [-0.39, 0.29) is 0 Å². The maximum atomic E-state index is 10.7. The second-order valence-electron chi connectivity index (χ2n) is 6.19. The quantitative estimate of drug-likeness (QED) is 0.205. The van der Waals surface area contributed by atoms with Crippen LogP contribution in [0.1, 0.15) is 0 Å². The van der Waals surface area contributed by atoms with Crippen LogP contribution in [-0.4, -0.2) is 9.79 Å². The molecule has 0 radical (unpaired) electrons. The number of rotatable bonds is 2. The van der Waals surface area contributed by atoms with Crippen LogP contribution in [0.3, 0.4) is 0 Å². The molecule has 0 aliphatic rings. The van der Waals surface area contributed by atoms with E-state index in [0.29, 0.717) is 0 Å². The molecule has 150 valence electrons. The molecule has 0 aliphatic carbocycles. The van der Waals surface area contributed by atoms with Gasteiger partial charge in [-0.15, -0.1) is 0 Å². The predicted molar refractivity (Wildman–Crippen MR) is 140 cm³/mol. The normalized spacial score (nSPS) is 12.3. The molecule has 4 aromatic rings. The Morgan fingerprint density at radius 3 is 1.45 bits per heavy atom. The molecule has 0 aliphatic heterocycles. The minimum atomic E-state index is -3.80. The zero-order valence-corrected chi connectivity index (χ0v) is 23.2. The number of benzene rings is 4. The topological polar surface area (TPSA) is 40.5 Å². The van der Waals surface area contributed by atoms with Crippen LogP contribution in [0.4, 0.5) is 0 Å². The molecule has 29 heavy (non-hydrogen) atoms. The minimum Gasteiger partial charge on any atom is -0.337 e. The second-order valence-corrected chi connectivity index (χ2v) is 16.5. The van der Waals surface area contributed by atoms with Crippen molar-refractivity contribution in [1.82, 2.24) is 0 Å². The van der Waals surface area contributed by atoms with Gasteiger partial charge < -0.3 is 9.79 Å². The predicted octanol–water partition coefficient (Wildman–Crippen LogP) is 8.98. The monoisotopic (exact) mass is 698 g/mol. The van der Waals surface area contributed by atoms with Gasteiger partial charge in [-0.1, -0.05) is 78.3 Å². The zero-order valence-electron chi connectivity index (χ0n) is 14.4. The molecule has 0 heterocycles. The Morgan fingerprint density at radius 1 is 0.655 bits per heavy atom. The third-order valence-electron chi connectivity index (χ3n) is 4.44. The highest BCUT2D eigenvalue weighted by atomic mass is 79.9. The molecule has 0 aromatic heterocycles. The van der Waals surface area contributed by atoms with Crippen LogP contribution in [0.2, 0.25) is 0 Å². The first kappa shape index (κ1) is 22.5. The van der Waals surface area contributed by atoms with E-state index >= 15 is 0 Å². The van der Waals surface area contributed by atoms with Crippen molar-refractivity contribution < 1.29 is 9.79 Å². The summed E-state index contributed by atoms with van der Waals surface area (Å²) in [5, 5.41) is 4.00. The summed E-state index contributed by atoms with van der Waals surface area (Å²) in [6.45, 7) is 0. The highest BCUT2D eigenvalue weighted by Gasteiger charge is 2.24. The van der Waals surface area contributed by atoms with E-state index in [2.05, 4.69) is 63.7 Å². The molecule has 4 aromatic carbocycles. The summed E-state index contributed by atoms with van der Waals surface area (Å²) in [7, 11) is -1.17. The van der Waals surface area contributed by atoms with Gasteiger partial charge >= 0.3 is 0 Å². The van der Waals surface area contributed by atoms with Gasteiger partial charge in [0.2, 0.25) is 5.84 Å². The maximum absolute atomic E-state index is 10.7. The van der Waals surface area contributed by atoms with Gasteiger partial charge in [0.25, 0.3) is 0 Å². The van der Waals surface area contributed by atoms with Gasteiger partial charge in [-0.3, -0.25) is 0 Å². The summed E-state index contributed by atoms with van der Waals surface area (Å²) in [6.07, 6.45) is 0. The van der Waals surface area contributed by atoms with Crippen LogP contribution >= 0.6 is 80.8 Å². The Morgan fingerprint density at radius 2 is 1.07 bits per heavy atom. The van der Waals surface area contributed by atoms with Crippen molar-refractivity contribution in [1.29, 1.82) is 0 Å². The van der Waals surface area contributed by atoms with Crippen molar-refractivity contribution in [2.45, 2.75) is 9.79 Å². The largest absolute Gasteiger partial charge is 0.337 e. The van der Waals surface area contributed by atoms with Gasteiger partial charge in [0.1, 0.15) is 0 Å². The fourth-order valence-corrected chi connectivity index (χ4v) is 13.2. The van der Waals surface area contributed by atoms with Crippen molar-refractivity contribution in [2.75, 3.05) is 0 Å². The highest BCUT2D eigenvalue weighted by Crippen LogP contribution is 2.55. The molecule has 0 bridgehead atoms. The fraction of sp³-hybridized carbons (Fsp3) is 0. The maximum Gasteiger partial charge on any atom is 0.244 e. The summed E-state index contributed by atoms with van der Waals surface area (Å²) < 4.78 is 3.42. The van der Waals surface area contributed by atoms with Gasteiger partial charge in [-0.2, -0.15) is 0 Å². The summed E-state index contributed by atoms with van der Waals surface area (Å²) in [5.41, 5.74) is 0. The van der Waals surface area contributed by atoms with Gasteiger partial charge in [-0.25, -0.2) is 0 Å². The van der Waals surface area contributed by atoms with E-state index in [9.17, 15) is 9.79 Å². The summed E-state index contributed by atoms with van der Waals surface area (Å²) in [6, 6.07) is 19.6. The van der Waals surface area contributed by atoms with Gasteiger partial charge in [0.05, 0.1) is 0 Å². The smallest absolute Gasteiger partial charge is 0.244 e. The van der Waals surface area contributed by atoms with Crippen LogP contribution in [-0.2, 0) is 10.1 Å². The molecule has 0 saturated heterocycles. The number of hydrogen-bond donors (Lipinski definition) is 2. The van der Waals surface area contributed by atoms with Crippen LogP contribution in [0.25, 0.3) is 21.5 Å². The average Bonchev–Trinajstić information content (AvgIpc) is 2.64. The first-order valence-electron chi connectivity index (χ1n) is 8.23. The average molecular weight is 702 g/mol. The van der Waals surface area contributed by atoms with Crippen molar-refractivity contribution in [2.24, 2.45) is 0 Å². The lowest BCUT2D eigenvalue weighted by Crippen LogP contribution is -1.99. The van der Waals surface area contributed by atoms with Crippen LogP contribution in [0.15, 0.2) is 88.3 Å². The third-order valence-corrected chi connectivity index (χ3v) is 13.7. The third kappa shape index (κ3) is 4.20.